The first-order chi connectivity index (χ1) is 10.3. The Morgan fingerprint density at radius 1 is 0.619 bits per heavy atom. The molecule has 3 N–H and O–H groups in total. The molecule has 0 fully saturated rings. The van der Waals surface area contributed by atoms with Crippen molar-refractivity contribution >= 4 is 0 Å². The highest BCUT2D eigenvalue weighted by molar-refractivity contribution is 4.56. The standard InChI is InChI=1S/C19H41NO/c1-2-3-4-5-6-7-8-9-10-11-12-13-14-15-16-17-19(21)18-20/h19,21H,2-18,20H2,1H3. The molecule has 0 saturated heterocycles. The average molecular weight is 300 g/mol. The summed E-state index contributed by atoms with van der Waals surface area (Å²) in [7, 11) is 0. The van der Waals surface area contributed by atoms with Gasteiger partial charge in [-0.1, -0.05) is 103 Å². The zero-order valence-electron chi connectivity index (χ0n) is 14.6. The normalized spacial score (nSPS) is 12.7. The van der Waals surface area contributed by atoms with Gasteiger partial charge in [-0.3, -0.25) is 0 Å². The van der Waals surface area contributed by atoms with Crippen LogP contribution >= 0.6 is 0 Å². The van der Waals surface area contributed by atoms with Gasteiger partial charge >= 0.3 is 0 Å². The van der Waals surface area contributed by atoms with Crippen LogP contribution in [0.1, 0.15) is 110 Å². The lowest BCUT2D eigenvalue weighted by Crippen LogP contribution is -2.19. The maximum Gasteiger partial charge on any atom is 0.0662 e. The Kier molecular flexibility index (Phi) is 17.9. The number of nitrogens with two attached hydrogens (primary N) is 1. The van der Waals surface area contributed by atoms with Gasteiger partial charge in [0.05, 0.1) is 6.10 Å². The summed E-state index contributed by atoms with van der Waals surface area (Å²) >= 11 is 0. The molecule has 21 heavy (non-hydrogen) atoms. The number of unbranched alkanes of at least 4 members (excludes halogenated alkanes) is 14. The molecular weight excluding hydrogens is 258 g/mol. The minimum atomic E-state index is -0.271. The highest BCUT2D eigenvalue weighted by Crippen LogP contribution is 2.13. The molecule has 0 spiro atoms. The number of aliphatic hydroxyl groups excluding tert-OH is 1. The monoisotopic (exact) mass is 299 g/mol. The molecule has 2 nitrogen and oxygen atoms in total. The fourth-order valence-electron chi connectivity index (χ4n) is 2.87. The van der Waals surface area contributed by atoms with Crippen LogP contribution in [0.15, 0.2) is 0 Å². The lowest BCUT2D eigenvalue weighted by Gasteiger charge is -2.06. The van der Waals surface area contributed by atoms with Crippen LogP contribution < -0.4 is 5.73 Å². The van der Waals surface area contributed by atoms with Crippen molar-refractivity contribution in [1.29, 1.82) is 0 Å². The van der Waals surface area contributed by atoms with Gasteiger partial charge in [-0.05, 0) is 6.42 Å². The largest absolute Gasteiger partial charge is 0.392 e. The lowest BCUT2D eigenvalue weighted by atomic mass is 10.0. The summed E-state index contributed by atoms with van der Waals surface area (Å²) in [6.07, 6.45) is 21.4. The molecule has 0 aromatic carbocycles. The van der Waals surface area contributed by atoms with Crippen LogP contribution in [0.3, 0.4) is 0 Å². The van der Waals surface area contributed by atoms with Gasteiger partial charge in [-0.15, -0.1) is 0 Å². The number of rotatable bonds is 17. The molecule has 2 heteroatoms. The van der Waals surface area contributed by atoms with E-state index in [1.54, 1.807) is 0 Å². The predicted octanol–water partition coefficient (Wildman–Crippen LogP) is 5.57. The van der Waals surface area contributed by atoms with Gasteiger partial charge in [0.1, 0.15) is 0 Å². The second-order valence-corrected chi connectivity index (χ2v) is 6.63. The van der Waals surface area contributed by atoms with Gasteiger partial charge in [0.25, 0.3) is 0 Å². The van der Waals surface area contributed by atoms with Crippen LogP contribution in [0.2, 0.25) is 0 Å². The lowest BCUT2D eigenvalue weighted by molar-refractivity contribution is 0.168. The Balaban J connectivity index is 2.96. The summed E-state index contributed by atoms with van der Waals surface area (Å²) in [6, 6.07) is 0. The quantitative estimate of drug-likeness (QED) is 0.345. The minimum absolute atomic E-state index is 0.271. The molecule has 0 aromatic heterocycles. The third-order valence-electron chi connectivity index (χ3n) is 4.41. The topological polar surface area (TPSA) is 46.2 Å². The molecule has 0 heterocycles. The maximum atomic E-state index is 9.34. The van der Waals surface area contributed by atoms with Crippen molar-refractivity contribution in [3.05, 3.63) is 0 Å². The maximum absolute atomic E-state index is 9.34. The molecular formula is C19H41NO. The summed E-state index contributed by atoms with van der Waals surface area (Å²) in [6.45, 7) is 2.70. The van der Waals surface area contributed by atoms with Crippen molar-refractivity contribution < 1.29 is 5.11 Å². The SMILES string of the molecule is CCCCCCCCCCCCCCCCCC(O)CN. The third-order valence-corrected chi connectivity index (χ3v) is 4.41. The molecule has 128 valence electrons. The molecule has 0 aliphatic rings. The molecule has 0 amide bonds. The van der Waals surface area contributed by atoms with E-state index in [2.05, 4.69) is 6.92 Å². The molecule has 1 unspecified atom stereocenters. The van der Waals surface area contributed by atoms with E-state index in [0.29, 0.717) is 6.54 Å². The van der Waals surface area contributed by atoms with E-state index in [1.807, 2.05) is 0 Å². The Morgan fingerprint density at radius 3 is 1.29 bits per heavy atom. The van der Waals surface area contributed by atoms with Crippen molar-refractivity contribution in [2.24, 2.45) is 5.73 Å². The number of hydrogen-bond acceptors (Lipinski definition) is 2. The first-order valence-corrected chi connectivity index (χ1v) is 9.69. The van der Waals surface area contributed by atoms with Gasteiger partial charge in [0.2, 0.25) is 0 Å². The van der Waals surface area contributed by atoms with E-state index in [-0.39, 0.29) is 6.10 Å². The van der Waals surface area contributed by atoms with Gasteiger partial charge in [0, 0.05) is 6.54 Å². The molecule has 0 radical (unpaired) electrons. The van der Waals surface area contributed by atoms with E-state index in [0.717, 1.165) is 12.8 Å². The van der Waals surface area contributed by atoms with Crippen molar-refractivity contribution in [3.63, 3.8) is 0 Å². The van der Waals surface area contributed by atoms with Crippen LogP contribution in [0, 0.1) is 0 Å². The predicted molar refractivity (Wildman–Crippen MR) is 94.6 cm³/mol. The van der Waals surface area contributed by atoms with E-state index in [9.17, 15) is 5.11 Å². The van der Waals surface area contributed by atoms with Gasteiger partial charge < -0.3 is 10.8 Å². The van der Waals surface area contributed by atoms with E-state index < -0.39 is 0 Å². The minimum Gasteiger partial charge on any atom is -0.392 e. The van der Waals surface area contributed by atoms with Crippen molar-refractivity contribution in [1.82, 2.24) is 0 Å². The zero-order valence-corrected chi connectivity index (χ0v) is 14.6. The van der Waals surface area contributed by atoms with Crippen LogP contribution in [0.25, 0.3) is 0 Å². The summed E-state index contributed by atoms with van der Waals surface area (Å²) in [5.74, 6) is 0. The average Bonchev–Trinajstić information content (AvgIpc) is 2.50. The first-order valence-electron chi connectivity index (χ1n) is 9.69. The summed E-state index contributed by atoms with van der Waals surface area (Å²) in [5, 5.41) is 9.34. The molecule has 0 aliphatic carbocycles. The molecule has 1 atom stereocenters. The van der Waals surface area contributed by atoms with E-state index in [4.69, 9.17) is 5.73 Å². The second kappa shape index (κ2) is 18.0. The zero-order chi connectivity index (χ0) is 15.6. The van der Waals surface area contributed by atoms with Gasteiger partial charge in [-0.2, -0.15) is 0 Å². The highest BCUT2D eigenvalue weighted by Gasteiger charge is 1.99. The second-order valence-electron chi connectivity index (χ2n) is 6.63. The summed E-state index contributed by atoms with van der Waals surface area (Å²) in [5.41, 5.74) is 5.38. The van der Waals surface area contributed by atoms with Crippen LogP contribution in [0.4, 0.5) is 0 Å². The van der Waals surface area contributed by atoms with Gasteiger partial charge in [-0.25, -0.2) is 0 Å². The van der Waals surface area contributed by atoms with E-state index >= 15 is 0 Å². The van der Waals surface area contributed by atoms with Crippen LogP contribution in [0.5, 0.6) is 0 Å². The fourth-order valence-corrected chi connectivity index (χ4v) is 2.87. The highest BCUT2D eigenvalue weighted by atomic mass is 16.3. The Hall–Kier alpha value is -0.0800. The van der Waals surface area contributed by atoms with Crippen molar-refractivity contribution in [3.8, 4) is 0 Å². The van der Waals surface area contributed by atoms with Crippen LogP contribution in [-0.2, 0) is 0 Å². The number of aliphatic hydroxyl groups is 1. The van der Waals surface area contributed by atoms with Crippen molar-refractivity contribution in [2.45, 2.75) is 116 Å². The smallest absolute Gasteiger partial charge is 0.0662 e. The molecule has 0 aliphatic heterocycles. The third kappa shape index (κ3) is 17.9. The van der Waals surface area contributed by atoms with Crippen LogP contribution in [-0.4, -0.2) is 17.8 Å². The molecule has 0 aromatic rings. The first kappa shape index (κ1) is 20.9. The van der Waals surface area contributed by atoms with Gasteiger partial charge in [0.15, 0.2) is 0 Å². The fraction of sp³-hybridized carbons (Fsp3) is 1.00. The molecule has 0 saturated carbocycles. The van der Waals surface area contributed by atoms with E-state index in [1.165, 1.54) is 89.9 Å². The van der Waals surface area contributed by atoms with Crippen molar-refractivity contribution in [2.75, 3.05) is 6.54 Å². The Bertz CT molecular complexity index is 184. The number of hydrogen-bond donors (Lipinski definition) is 2. The summed E-state index contributed by atoms with van der Waals surface area (Å²) < 4.78 is 0. The summed E-state index contributed by atoms with van der Waals surface area (Å²) in [4.78, 5) is 0. The molecule has 0 rings (SSSR count). The Labute approximate surface area is 133 Å². The Morgan fingerprint density at radius 2 is 0.952 bits per heavy atom. The molecule has 0 bridgehead atoms.